The molecule has 1 unspecified atom stereocenters. The lowest BCUT2D eigenvalue weighted by atomic mass is 10.1. The van der Waals surface area contributed by atoms with E-state index in [2.05, 4.69) is 35.2 Å². The van der Waals surface area contributed by atoms with Crippen molar-refractivity contribution in [3.63, 3.8) is 0 Å². The Balaban J connectivity index is 1.21. The van der Waals surface area contributed by atoms with Gasteiger partial charge in [0.05, 0.1) is 30.4 Å². The van der Waals surface area contributed by atoms with E-state index < -0.39 is 34.5 Å². The molecule has 4 heterocycles. The van der Waals surface area contributed by atoms with Gasteiger partial charge in [-0.1, -0.05) is 17.4 Å². The number of thiazole rings is 1. The maximum absolute atomic E-state index is 13.7. The fourth-order valence-corrected chi connectivity index (χ4v) is 8.16. The lowest BCUT2D eigenvalue weighted by Crippen LogP contribution is -2.50. The number of benzene rings is 1. The van der Waals surface area contributed by atoms with E-state index in [-0.39, 0.29) is 47.0 Å². The third-order valence-corrected chi connectivity index (χ3v) is 10.9. The minimum absolute atomic E-state index is 0.0124. The zero-order valence-corrected chi connectivity index (χ0v) is 25.5. The Morgan fingerprint density at radius 1 is 1.16 bits per heavy atom. The molecule has 2 N–H and O–H groups in total. The van der Waals surface area contributed by atoms with Crippen molar-refractivity contribution in [3.8, 4) is 0 Å². The van der Waals surface area contributed by atoms with Crippen molar-refractivity contribution in [2.75, 3.05) is 63.6 Å². The molecule has 0 saturated carbocycles. The summed E-state index contributed by atoms with van der Waals surface area (Å²) in [5, 5.41) is 6.51. The van der Waals surface area contributed by atoms with Gasteiger partial charge >= 0.3 is 6.09 Å². The number of nitrogens with zero attached hydrogens (tertiary/aromatic N) is 6. The molecule has 232 valence electrons. The van der Waals surface area contributed by atoms with Crippen molar-refractivity contribution in [2.45, 2.75) is 36.4 Å². The van der Waals surface area contributed by atoms with Crippen LogP contribution < -0.4 is 10.6 Å². The molecule has 2 aromatic heterocycles. The van der Waals surface area contributed by atoms with Gasteiger partial charge in [0.25, 0.3) is 21.9 Å². The smallest absolute Gasteiger partial charge is 0.413 e. The van der Waals surface area contributed by atoms with Crippen molar-refractivity contribution in [2.24, 2.45) is 0 Å². The SMILES string of the molecule is COC(=O)Nc1nc(C)c(S(=O)(=O)N2CCN(CC(C)Nc3ncnc4c(C(=O)N5CCC(F)(F)C5)cccc34)CC2)s1. The van der Waals surface area contributed by atoms with E-state index in [4.69, 9.17) is 0 Å². The second kappa shape index (κ2) is 12.2. The Kier molecular flexibility index (Phi) is 8.78. The molecule has 13 nitrogen and oxygen atoms in total. The van der Waals surface area contributed by atoms with Crippen LogP contribution in [-0.4, -0.2) is 114 Å². The number of anilines is 2. The number of hydrogen-bond acceptors (Lipinski definition) is 11. The number of fused-ring (bicyclic) bond motifs is 1. The highest BCUT2D eigenvalue weighted by Crippen LogP contribution is 2.32. The number of alkyl halides is 2. The van der Waals surface area contributed by atoms with Crippen LogP contribution in [0.2, 0.25) is 0 Å². The maximum atomic E-state index is 13.7. The summed E-state index contributed by atoms with van der Waals surface area (Å²) in [7, 11) is -2.59. The van der Waals surface area contributed by atoms with Gasteiger partial charge in [0, 0.05) is 57.1 Å². The molecule has 2 aliphatic rings. The molecule has 2 aliphatic heterocycles. The van der Waals surface area contributed by atoms with Crippen molar-refractivity contribution in [1.82, 2.24) is 29.1 Å². The number of nitrogens with one attached hydrogen (secondary N) is 2. The van der Waals surface area contributed by atoms with Crippen molar-refractivity contribution < 1.29 is 31.5 Å². The Morgan fingerprint density at radius 3 is 2.58 bits per heavy atom. The largest absolute Gasteiger partial charge is 0.453 e. The number of carbonyl (C=O) groups excluding carboxylic acids is 2. The third kappa shape index (κ3) is 6.68. The Bertz CT molecular complexity index is 1630. The normalized spacial score (nSPS) is 18.5. The zero-order valence-electron chi connectivity index (χ0n) is 23.8. The van der Waals surface area contributed by atoms with Crippen LogP contribution in [0.3, 0.4) is 0 Å². The number of carbonyl (C=O) groups is 2. The van der Waals surface area contributed by atoms with Crippen LogP contribution >= 0.6 is 11.3 Å². The Hall–Kier alpha value is -3.54. The first-order chi connectivity index (χ1) is 20.4. The molecule has 2 fully saturated rings. The average molecular weight is 639 g/mol. The van der Waals surface area contributed by atoms with E-state index in [9.17, 15) is 26.8 Å². The van der Waals surface area contributed by atoms with Gasteiger partial charge in [-0.25, -0.2) is 36.9 Å². The first kappa shape index (κ1) is 30.9. The molecular weight excluding hydrogens is 606 g/mol. The van der Waals surface area contributed by atoms with E-state index in [0.29, 0.717) is 42.0 Å². The molecule has 1 atom stereocenters. The predicted molar refractivity (Wildman–Crippen MR) is 156 cm³/mol. The van der Waals surface area contributed by atoms with Crippen LogP contribution in [0.5, 0.6) is 0 Å². The molecule has 2 amide bonds. The minimum atomic E-state index is -3.80. The van der Waals surface area contributed by atoms with Crippen LogP contribution in [0.15, 0.2) is 28.7 Å². The van der Waals surface area contributed by atoms with Crippen molar-refractivity contribution in [3.05, 3.63) is 35.8 Å². The third-order valence-electron chi connectivity index (χ3n) is 7.32. The first-order valence-electron chi connectivity index (χ1n) is 13.6. The molecule has 0 spiro atoms. The van der Waals surface area contributed by atoms with Gasteiger partial charge in [-0.2, -0.15) is 4.31 Å². The number of halogens is 2. The number of sulfonamides is 1. The number of para-hydroxylation sites is 1. The first-order valence-corrected chi connectivity index (χ1v) is 15.9. The van der Waals surface area contributed by atoms with Gasteiger partial charge in [0.2, 0.25) is 0 Å². The quantitative estimate of drug-likeness (QED) is 0.377. The summed E-state index contributed by atoms with van der Waals surface area (Å²) in [6, 6.07) is 4.94. The molecule has 0 radical (unpaired) electrons. The zero-order chi connectivity index (χ0) is 30.9. The van der Waals surface area contributed by atoms with Crippen molar-refractivity contribution >= 4 is 55.2 Å². The standard InChI is InChI=1S/C26H32F2N8O5S2/c1-16(13-34-9-11-36(12-10-34)43(39,40)23-17(2)32-24(42-23)33-25(38)41-3)31-21-18-5-4-6-19(20(18)29-15-30-21)22(37)35-8-7-26(27,28)14-35/h4-6,15-16H,7-14H2,1-3H3,(H,29,30,31)(H,32,33,38). The van der Waals surface area contributed by atoms with Gasteiger partial charge in [-0.15, -0.1) is 0 Å². The van der Waals surface area contributed by atoms with E-state index in [1.165, 1.54) is 17.7 Å². The van der Waals surface area contributed by atoms with Gasteiger partial charge in [-0.3, -0.25) is 15.0 Å². The van der Waals surface area contributed by atoms with Crippen LogP contribution in [0, 0.1) is 6.92 Å². The molecule has 0 bridgehead atoms. The number of hydrogen-bond donors (Lipinski definition) is 2. The fourth-order valence-electron chi connectivity index (χ4n) is 5.20. The van der Waals surface area contributed by atoms with Crippen LogP contribution in [0.4, 0.5) is 24.5 Å². The summed E-state index contributed by atoms with van der Waals surface area (Å²) < 4.78 is 60.1. The summed E-state index contributed by atoms with van der Waals surface area (Å²) in [5.41, 5.74) is 0.932. The monoisotopic (exact) mass is 638 g/mol. The number of piperazine rings is 1. The number of ether oxygens (including phenoxy) is 1. The van der Waals surface area contributed by atoms with Gasteiger partial charge < -0.3 is 15.0 Å². The number of amides is 2. The Morgan fingerprint density at radius 2 is 1.91 bits per heavy atom. The van der Waals surface area contributed by atoms with Crippen LogP contribution in [0.25, 0.3) is 10.9 Å². The van der Waals surface area contributed by atoms with Gasteiger partial charge in [0.1, 0.15) is 12.1 Å². The fraction of sp³-hybridized carbons (Fsp3) is 0.500. The van der Waals surface area contributed by atoms with E-state index >= 15 is 0 Å². The second-order valence-corrected chi connectivity index (χ2v) is 13.6. The molecule has 0 aliphatic carbocycles. The number of rotatable bonds is 8. The topological polar surface area (TPSA) is 150 Å². The molecular formula is C26H32F2N8O5S2. The number of aromatic nitrogens is 3. The summed E-state index contributed by atoms with van der Waals surface area (Å²) in [6.07, 6.45) is 0.250. The van der Waals surface area contributed by atoms with Gasteiger partial charge in [-0.05, 0) is 26.0 Å². The molecule has 3 aromatic rings. The average Bonchev–Trinajstić information content (AvgIpc) is 3.53. The lowest BCUT2D eigenvalue weighted by molar-refractivity contribution is 0.0120. The molecule has 5 rings (SSSR count). The second-order valence-electron chi connectivity index (χ2n) is 10.5. The molecule has 17 heteroatoms. The number of likely N-dealkylation sites (tertiary alicyclic amines) is 1. The molecule has 43 heavy (non-hydrogen) atoms. The number of methoxy groups -OCH3 is 1. The van der Waals surface area contributed by atoms with E-state index in [1.54, 1.807) is 25.1 Å². The summed E-state index contributed by atoms with van der Waals surface area (Å²) in [6.45, 7) is 5.08. The highest BCUT2D eigenvalue weighted by Gasteiger charge is 2.41. The molecule has 2 saturated heterocycles. The lowest BCUT2D eigenvalue weighted by Gasteiger charge is -2.35. The van der Waals surface area contributed by atoms with E-state index in [1.807, 2.05) is 6.92 Å². The summed E-state index contributed by atoms with van der Waals surface area (Å²) in [4.78, 5) is 40.6. The molecule has 1 aromatic carbocycles. The minimum Gasteiger partial charge on any atom is -0.453 e. The predicted octanol–water partition coefficient (Wildman–Crippen LogP) is 2.86. The van der Waals surface area contributed by atoms with Crippen LogP contribution in [-0.2, 0) is 14.8 Å². The highest BCUT2D eigenvalue weighted by molar-refractivity contribution is 7.91. The van der Waals surface area contributed by atoms with Crippen molar-refractivity contribution in [1.29, 1.82) is 0 Å². The highest BCUT2D eigenvalue weighted by atomic mass is 32.2. The van der Waals surface area contributed by atoms with Gasteiger partial charge in [0.15, 0.2) is 9.34 Å². The van der Waals surface area contributed by atoms with E-state index in [0.717, 1.165) is 16.2 Å². The summed E-state index contributed by atoms with van der Waals surface area (Å²) >= 11 is 0.882. The van der Waals surface area contributed by atoms with Crippen LogP contribution in [0.1, 0.15) is 29.4 Å². The summed E-state index contributed by atoms with van der Waals surface area (Å²) in [5.74, 6) is -2.87. The number of aryl methyl sites for hydroxylation is 1. The maximum Gasteiger partial charge on any atom is 0.413 e. The Labute approximate surface area is 251 Å².